The molecule has 11 heteroatoms. The van der Waals surface area contributed by atoms with Crippen molar-refractivity contribution in [2.45, 2.75) is 24.9 Å². The van der Waals surface area contributed by atoms with E-state index in [1.807, 2.05) is 34.1 Å². The molecule has 3 aliphatic rings. The second-order valence-electron chi connectivity index (χ2n) is 9.87. The highest BCUT2D eigenvalue weighted by Gasteiger charge is 2.44. The standard InChI is InChI=1S/C15H13F2N3O.C13H14N2O3/c16-13(17)14-18-11-9-5-1-2-6-10(9)21-12(11)15(19-14)20-7-3-4-8-20;1-2-10-5-11(12(16)14-6-10)15-3-4-18-13(7-15)8-17-9-13/h1-2,5-6,13H,3-4,7-8H2;1,5-6H,3-4,7-9H2,(H,14,16). The SMILES string of the molecule is C#Cc1c[nH]c(=O)c(N2CCOC3(COC3)C2)c1.FC(F)c1nc(N2CCCC2)c2oc3ccccc3c2n1. The van der Waals surface area contributed by atoms with E-state index in [0.29, 0.717) is 66.7 Å². The van der Waals surface area contributed by atoms with Gasteiger partial charge in [-0.2, -0.15) is 0 Å². The van der Waals surface area contributed by atoms with Crippen molar-refractivity contribution in [3.8, 4) is 12.3 Å². The number of benzene rings is 1. The molecule has 3 fully saturated rings. The van der Waals surface area contributed by atoms with Gasteiger partial charge in [0.15, 0.2) is 17.2 Å². The van der Waals surface area contributed by atoms with Crippen LogP contribution in [0.25, 0.3) is 22.1 Å². The van der Waals surface area contributed by atoms with Crippen molar-refractivity contribution < 1.29 is 22.7 Å². The van der Waals surface area contributed by atoms with E-state index in [1.165, 1.54) is 0 Å². The number of hydrogen-bond donors (Lipinski definition) is 1. The predicted octanol–water partition coefficient (Wildman–Crippen LogP) is 3.88. The van der Waals surface area contributed by atoms with Crippen molar-refractivity contribution in [2.75, 3.05) is 55.8 Å². The van der Waals surface area contributed by atoms with Gasteiger partial charge in [-0.15, -0.1) is 6.42 Å². The Labute approximate surface area is 222 Å². The molecule has 7 rings (SSSR count). The van der Waals surface area contributed by atoms with Crippen LogP contribution in [0.4, 0.5) is 20.3 Å². The van der Waals surface area contributed by atoms with Gasteiger partial charge < -0.3 is 28.7 Å². The first-order chi connectivity index (χ1) is 19.0. The fourth-order valence-corrected chi connectivity index (χ4v) is 5.18. The van der Waals surface area contributed by atoms with Crippen LogP contribution in [0.15, 0.2) is 45.7 Å². The second kappa shape index (κ2) is 10.3. The Hall–Kier alpha value is -4.01. The third-order valence-electron chi connectivity index (χ3n) is 7.19. The fraction of sp³-hybridized carbons (Fsp3) is 0.393. The maximum atomic E-state index is 13.1. The van der Waals surface area contributed by atoms with Crippen molar-refractivity contribution in [3.63, 3.8) is 0 Å². The Balaban J connectivity index is 0.000000144. The topological polar surface area (TPSA) is 96.7 Å². The van der Waals surface area contributed by atoms with Gasteiger partial charge in [-0.25, -0.2) is 18.7 Å². The number of anilines is 2. The summed E-state index contributed by atoms with van der Waals surface area (Å²) in [4.78, 5) is 26.6. The van der Waals surface area contributed by atoms with E-state index in [1.54, 1.807) is 12.3 Å². The molecule has 6 heterocycles. The van der Waals surface area contributed by atoms with Gasteiger partial charge in [-0.1, -0.05) is 18.1 Å². The summed E-state index contributed by atoms with van der Waals surface area (Å²) in [5.41, 5.74) is 2.55. The molecule has 0 saturated carbocycles. The highest BCUT2D eigenvalue weighted by atomic mass is 19.3. The number of para-hydroxylation sites is 1. The molecule has 1 spiro atoms. The molecule has 4 aromatic rings. The Kier molecular flexibility index (Phi) is 6.66. The number of aromatic nitrogens is 3. The van der Waals surface area contributed by atoms with Crippen molar-refractivity contribution in [3.05, 3.63) is 58.3 Å². The van der Waals surface area contributed by atoms with Crippen LogP contribution in [0, 0.1) is 12.3 Å². The van der Waals surface area contributed by atoms with E-state index >= 15 is 0 Å². The van der Waals surface area contributed by atoms with Crippen LogP contribution in [-0.2, 0) is 9.47 Å². The molecule has 1 aromatic carbocycles. The normalized spacial score (nSPS) is 18.3. The molecule has 0 radical (unpaired) electrons. The fourth-order valence-electron chi connectivity index (χ4n) is 5.18. The molecular formula is C28H27F2N5O4. The largest absolute Gasteiger partial charge is 0.450 e. The van der Waals surface area contributed by atoms with E-state index in [-0.39, 0.29) is 11.2 Å². The molecule has 3 saturated heterocycles. The minimum atomic E-state index is -2.69. The number of alkyl halides is 2. The molecule has 0 atom stereocenters. The Morgan fingerprint density at radius 3 is 2.62 bits per heavy atom. The summed E-state index contributed by atoms with van der Waals surface area (Å²) in [6.45, 7) is 4.77. The highest BCUT2D eigenvalue weighted by Crippen LogP contribution is 2.35. The van der Waals surface area contributed by atoms with E-state index < -0.39 is 12.2 Å². The van der Waals surface area contributed by atoms with Crippen molar-refractivity contribution in [1.82, 2.24) is 15.0 Å². The number of rotatable bonds is 3. The smallest absolute Gasteiger partial charge is 0.297 e. The summed E-state index contributed by atoms with van der Waals surface area (Å²) >= 11 is 0. The zero-order valence-corrected chi connectivity index (χ0v) is 21.2. The van der Waals surface area contributed by atoms with Gasteiger partial charge >= 0.3 is 0 Å². The number of aromatic amines is 1. The molecule has 3 aliphatic heterocycles. The molecule has 202 valence electrons. The van der Waals surface area contributed by atoms with Gasteiger partial charge in [-0.3, -0.25) is 4.79 Å². The molecule has 39 heavy (non-hydrogen) atoms. The summed E-state index contributed by atoms with van der Waals surface area (Å²) in [5, 5.41) is 0.747. The summed E-state index contributed by atoms with van der Waals surface area (Å²) in [5.74, 6) is 2.59. The predicted molar refractivity (Wildman–Crippen MR) is 142 cm³/mol. The lowest BCUT2D eigenvalue weighted by atomic mass is 9.99. The minimum absolute atomic E-state index is 0.119. The van der Waals surface area contributed by atoms with Crippen molar-refractivity contribution in [1.29, 1.82) is 0 Å². The van der Waals surface area contributed by atoms with Gasteiger partial charge in [0.25, 0.3) is 12.0 Å². The number of furan rings is 1. The van der Waals surface area contributed by atoms with Crippen LogP contribution >= 0.6 is 0 Å². The van der Waals surface area contributed by atoms with E-state index in [9.17, 15) is 13.6 Å². The molecule has 0 unspecified atom stereocenters. The number of terminal acetylenes is 1. The lowest BCUT2D eigenvalue weighted by molar-refractivity contribution is -0.211. The number of H-pyrrole nitrogens is 1. The quantitative estimate of drug-likeness (QED) is 0.395. The number of hydrogen-bond acceptors (Lipinski definition) is 8. The number of ether oxygens (including phenoxy) is 2. The number of morpholine rings is 1. The van der Waals surface area contributed by atoms with Crippen LogP contribution in [0.5, 0.6) is 0 Å². The van der Waals surface area contributed by atoms with Gasteiger partial charge in [0.05, 0.1) is 26.4 Å². The monoisotopic (exact) mass is 535 g/mol. The summed E-state index contributed by atoms with van der Waals surface area (Å²) in [7, 11) is 0. The average molecular weight is 536 g/mol. The van der Waals surface area contributed by atoms with Gasteiger partial charge in [-0.05, 0) is 31.0 Å². The van der Waals surface area contributed by atoms with Gasteiger partial charge in [0.2, 0.25) is 0 Å². The first kappa shape index (κ1) is 25.3. The van der Waals surface area contributed by atoms with E-state index in [2.05, 4.69) is 20.9 Å². The summed E-state index contributed by atoms with van der Waals surface area (Å²) in [6, 6.07) is 9.08. The summed E-state index contributed by atoms with van der Waals surface area (Å²) in [6.07, 6.45) is 6.29. The number of nitrogens with zero attached hydrogens (tertiary/aromatic N) is 4. The van der Waals surface area contributed by atoms with E-state index in [4.69, 9.17) is 20.3 Å². The Morgan fingerprint density at radius 1 is 1.10 bits per heavy atom. The zero-order valence-electron chi connectivity index (χ0n) is 21.2. The van der Waals surface area contributed by atoms with Crippen LogP contribution in [-0.4, -0.2) is 66.6 Å². The first-order valence-corrected chi connectivity index (χ1v) is 12.8. The lowest BCUT2D eigenvalue weighted by Crippen LogP contribution is -2.63. The average Bonchev–Trinajstić information content (AvgIpc) is 3.61. The molecule has 3 aromatic heterocycles. The zero-order chi connectivity index (χ0) is 27.0. The van der Waals surface area contributed by atoms with Gasteiger partial charge in [0, 0.05) is 36.8 Å². The van der Waals surface area contributed by atoms with Crippen LogP contribution in [0.3, 0.4) is 0 Å². The van der Waals surface area contributed by atoms with E-state index in [0.717, 1.165) is 31.3 Å². The van der Waals surface area contributed by atoms with Crippen LogP contribution < -0.4 is 15.4 Å². The minimum Gasteiger partial charge on any atom is -0.450 e. The molecule has 0 amide bonds. The molecule has 1 N–H and O–H groups in total. The molecule has 0 aliphatic carbocycles. The summed E-state index contributed by atoms with van der Waals surface area (Å²) < 4.78 is 42.9. The van der Waals surface area contributed by atoms with Crippen molar-refractivity contribution in [2.24, 2.45) is 0 Å². The van der Waals surface area contributed by atoms with Crippen LogP contribution in [0.1, 0.15) is 30.7 Å². The third kappa shape index (κ3) is 4.82. The number of nitrogens with one attached hydrogen (secondary N) is 1. The number of pyridine rings is 1. The maximum Gasteiger partial charge on any atom is 0.297 e. The molecule has 0 bridgehead atoms. The Morgan fingerprint density at radius 2 is 1.90 bits per heavy atom. The second-order valence-corrected chi connectivity index (χ2v) is 9.87. The molecule has 9 nitrogen and oxygen atoms in total. The molecular weight excluding hydrogens is 508 g/mol. The van der Waals surface area contributed by atoms with Crippen molar-refractivity contribution >= 4 is 33.6 Å². The third-order valence-corrected chi connectivity index (χ3v) is 7.19. The van der Waals surface area contributed by atoms with Gasteiger partial charge in [0.1, 0.15) is 22.4 Å². The first-order valence-electron chi connectivity index (χ1n) is 12.8. The Bertz CT molecular complexity index is 1600. The number of fused-ring (bicyclic) bond motifs is 3. The lowest BCUT2D eigenvalue weighted by Gasteiger charge is -2.48. The van der Waals surface area contributed by atoms with Crippen LogP contribution in [0.2, 0.25) is 0 Å². The highest BCUT2D eigenvalue weighted by molar-refractivity contribution is 6.05. The maximum absolute atomic E-state index is 13.1. The number of halogens is 2.